The first-order valence-corrected chi connectivity index (χ1v) is 10.3. The van der Waals surface area contributed by atoms with Gasteiger partial charge in [0.1, 0.15) is 11.5 Å². The van der Waals surface area contributed by atoms with Gasteiger partial charge in [0.15, 0.2) is 0 Å². The largest absolute Gasteiger partial charge is 0.508 e. The number of aromatic nitrogens is 1. The molecule has 2 saturated heterocycles. The number of nitrogens with zero attached hydrogens (tertiary/aromatic N) is 3. The smallest absolute Gasteiger partial charge is 0.295 e. The second-order valence-electron chi connectivity index (χ2n) is 7.63. The topological polar surface area (TPSA) is 103 Å². The molecular weight excluding hydrogens is 398 g/mol. The summed E-state index contributed by atoms with van der Waals surface area (Å²) in [7, 11) is 0. The summed E-state index contributed by atoms with van der Waals surface area (Å²) in [5.41, 5.74) is 1.12. The molecule has 1 aromatic carbocycles. The lowest BCUT2D eigenvalue weighted by Gasteiger charge is -2.29. The second kappa shape index (κ2) is 9.28. The van der Waals surface area contributed by atoms with Crippen molar-refractivity contribution in [1.29, 1.82) is 0 Å². The van der Waals surface area contributed by atoms with Crippen LogP contribution in [0.25, 0.3) is 5.76 Å². The van der Waals surface area contributed by atoms with E-state index in [9.17, 15) is 19.8 Å². The van der Waals surface area contributed by atoms with Crippen molar-refractivity contribution in [3.63, 3.8) is 0 Å². The molecule has 0 bridgehead atoms. The molecule has 1 aromatic heterocycles. The number of benzene rings is 1. The average Bonchev–Trinajstić information content (AvgIpc) is 3.05. The maximum Gasteiger partial charge on any atom is 0.295 e. The Hall–Kier alpha value is -3.23. The molecule has 1 atom stereocenters. The Bertz CT molecular complexity index is 968. The van der Waals surface area contributed by atoms with Crippen LogP contribution >= 0.6 is 0 Å². The molecule has 2 fully saturated rings. The van der Waals surface area contributed by atoms with Gasteiger partial charge in [-0.1, -0.05) is 12.1 Å². The number of aliphatic hydroxyl groups excluding tert-OH is 1. The molecule has 0 saturated carbocycles. The number of ether oxygens (including phenoxy) is 1. The number of amides is 1. The van der Waals surface area contributed by atoms with E-state index in [4.69, 9.17) is 4.74 Å². The number of likely N-dealkylation sites (tertiary alicyclic amines) is 1. The Morgan fingerprint density at radius 3 is 2.39 bits per heavy atom. The van der Waals surface area contributed by atoms with E-state index in [-0.39, 0.29) is 17.1 Å². The maximum absolute atomic E-state index is 12.9. The van der Waals surface area contributed by atoms with Crippen LogP contribution in [0.2, 0.25) is 0 Å². The van der Waals surface area contributed by atoms with Crippen LogP contribution in [-0.2, 0) is 14.3 Å². The summed E-state index contributed by atoms with van der Waals surface area (Å²) in [5.74, 6) is -1.48. The van der Waals surface area contributed by atoms with E-state index in [0.717, 1.165) is 19.6 Å². The van der Waals surface area contributed by atoms with E-state index in [1.165, 1.54) is 29.4 Å². The van der Waals surface area contributed by atoms with Crippen LogP contribution in [0.4, 0.5) is 0 Å². The minimum absolute atomic E-state index is 0.0493. The Labute approximate surface area is 180 Å². The van der Waals surface area contributed by atoms with Gasteiger partial charge in [0.05, 0.1) is 24.8 Å². The Morgan fingerprint density at radius 1 is 1.03 bits per heavy atom. The molecule has 31 heavy (non-hydrogen) atoms. The van der Waals surface area contributed by atoms with Crippen LogP contribution in [0.15, 0.2) is 54.4 Å². The lowest BCUT2D eigenvalue weighted by molar-refractivity contribution is -0.140. The maximum atomic E-state index is 12.9. The van der Waals surface area contributed by atoms with Gasteiger partial charge in [0.2, 0.25) is 0 Å². The molecule has 2 aliphatic rings. The van der Waals surface area contributed by atoms with Gasteiger partial charge in [0.25, 0.3) is 11.7 Å². The number of aliphatic hydroxyl groups is 1. The monoisotopic (exact) mass is 423 g/mol. The minimum atomic E-state index is -0.724. The summed E-state index contributed by atoms with van der Waals surface area (Å²) in [6, 6.07) is 8.81. The number of rotatable bonds is 6. The quantitative estimate of drug-likeness (QED) is 0.416. The fourth-order valence-corrected chi connectivity index (χ4v) is 4.07. The summed E-state index contributed by atoms with van der Waals surface area (Å²) in [6.45, 7) is 4.26. The number of morpholine rings is 1. The Morgan fingerprint density at radius 2 is 1.71 bits per heavy atom. The molecule has 0 spiro atoms. The van der Waals surface area contributed by atoms with Gasteiger partial charge < -0.3 is 19.8 Å². The highest BCUT2D eigenvalue weighted by Crippen LogP contribution is 2.39. The number of Topliss-reactive ketones (excluding diaryl/α,β-unsaturated/α-hetero) is 1. The molecule has 162 valence electrons. The highest BCUT2D eigenvalue weighted by Gasteiger charge is 2.45. The predicted octanol–water partition coefficient (Wildman–Crippen LogP) is 1.93. The molecular formula is C23H25N3O5. The highest BCUT2D eigenvalue weighted by atomic mass is 16.5. The first-order valence-electron chi connectivity index (χ1n) is 10.3. The van der Waals surface area contributed by atoms with Gasteiger partial charge >= 0.3 is 0 Å². The van der Waals surface area contributed by atoms with Gasteiger partial charge in [-0.2, -0.15) is 0 Å². The molecule has 0 radical (unpaired) electrons. The van der Waals surface area contributed by atoms with Gasteiger partial charge in [-0.25, -0.2) is 0 Å². The van der Waals surface area contributed by atoms with E-state index in [1.807, 2.05) is 0 Å². The van der Waals surface area contributed by atoms with Crippen LogP contribution in [0.1, 0.15) is 23.6 Å². The lowest BCUT2D eigenvalue weighted by atomic mass is 9.95. The molecule has 8 nitrogen and oxygen atoms in total. The Balaban J connectivity index is 1.65. The zero-order chi connectivity index (χ0) is 21.8. The molecule has 1 amide bonds. The number of aromatic hydroxyl groups is 1. The SMILES string of the molecule is O=C1C(=O)N(CCCN2CCOCC2)C(c2ccc(O)cc2)/C1=C(\O)c1ccncc1. The van der Waals surface area contributed by atoms with Crippen LogP contribution in [0.3, 0.4) is 0 Å². The van der Waals surface area contributed by atoms with E-state index in [2.05, 4.69) is 9.88 Å². The molecule has 2 aliphatic heterocycles. The molecule has 1 unspecified atom stereocenters. The fraction of sp³-hybridized carbons (Fsp3) is 0.348. The number of hydrogen-bond donors (Lipinski definition) is 2. The lowest BCUT2D eigenvalue weighted by Crippen LogP contribution is -2.38. The first-order chi connectivity index (χ1) is 15.1. The molecule has 8 heteroatoms. The van der Waals surface area contributed by atoms with Crippen molar-refractivity contribution in [2.45, 2.75) is 12.5 Å². The van der Waals surface area contributed by atoms with Crippen molar-refractivity contribution >= 4 is 17.4 Å². The van der Waals surface area contributed by atoms with Crippen molar-refractivity contribution in [3.05, 3.63) is 65.5 Å². The number of phenols is 1. The van der Waals surface area contributed by atoms with E-state index in [0.29, 0.717) is 37.3 Å². The van der Waals surface area contributed by atoms with Crippen LogP contribution in [0, 0.1) is 0 Å². The standard InChI is InChI=1S/C23H25N3O5/c27-18-4-2-16(3-5-18)20-19(21(28)17-6-8-24-9-7-17)22(29)23(30)26(20)11-1-10-25-12-14-31-15-13-25/h2-9,20,27-28H,1,10-15H2/b21-19+. The molecule has 4 rings (SSSR count). The number of pyridine rings is 1. The molecule has 3 heterocycles. The zero-order valence-corrected chi connectivity index (χ0v) is 17.1. The first kappa shape index (κ1) is 21.0. The van der Waals surface area contributed by atoms with E-state index in [1.54, 1.807) is 24.3 Å². The summed E-state index contributed by atoms with van der Waals surface area (Å²) in [5, 5.41) is 20.6. The number of carbonyl (C=O) groups excluding carboxylic acids is 2. The van der Waals surface area contributed by atoms with Gasteiger partial charge in [0, 0.05) is 44.1 Å². The van der Waals surface area contributed by atoms with Crippen LogP contribution < -0.4 is 0 Å². The third kappa shape index (κ3) is 4.45. The summed E-state index contributed by atoms with van der Waals surface area (Å²) >= 11 is 0. The average molecular weight is 423 g/mol. The van der Waals surface area contributed by atoms with Crippen molar-refractivity contribution in [1.82, 2.24) is 14.8 Å². The van der Waals surface area contributed by atoms with Crippen molar-refractivity contribution in [3.8, 4) is 5.75 Å². The minimum Gasteiger partial charge on any atom is -0.508 e. The van der Waals surface area contributed by atoms with Gasteiger partial charge in [-0.3, -0.25) is 19.5 Å². The highest BCUT2D eigenvalue weighted by molar-refractivity contribution is 6.46. The fourth-order valence-electron chi connectivity index (χ4n) is 4.07. The Kier molecular flexibility index (Phi) is 6.29. The van der Waals surface area contributed by atoms with Crippen molar-refractivity contribution in [2.24, 2.45) is 0 Å². The molecule has 2 N–H and O–H groups in total. The van der Waals surface area contributed by atoms with Crippen molar-refractivity contribution in [2.75, 3.05) is 39.4 Å². The van der Waals surface area contributed by atoms with Gasteiger partial charge in [-0.15, -0.1) is 0 Å². The summed E-state index contributed by atoms with van der Waals surface area (Å²) in [6.07, 6.45) is 3.73. The van der Waals surface area contributed by atoms with Crippen LogP contribution in [0.5, 0.6) is 5.75 Å². The summed E-state index contributed by atoms with van der Waals surface area (Å²) in [4.78, 5) is 33.6. The third-order valence-corrected chi connectivity index (χ3v) is 5.68. The van der Waals surface area contributed by atoms with E-state index >= 15 is 0 Å². The van der Waals surface area contributed by atoms with E-state index < -0.39 is 17.7 Å². The van der Waals surface area contributed by atoms with Crippen LogP contribution in [-0.4, -0.2) is 76.1 Å². The second-order valence-corrected chi connectivity index (χ2v) is 7.63. The number of phenolic OH excluding ortho intramolecular Hbond substituents is 1. The number of hydrogen-bond acceptors (Lipinski definition) is 7. The molecule has 2 aromatic rings. The van der Waals surface area contributed by atoms with Gasteiger partial charge in [-0.05, 0) is 36.2 Å². The zero-order valence-electron chi connectivity index (χ0n) is 17.1. The number of carbonyl (C=O) groups is 2. The van der Waals surface area contributed by atoms with Crippen molar-refractivity contribution < 1.29 is 24.5 Å². The number of ketones is 1. The predicted molar refractivity (Wildman–Crippen MR) is 113 cm³/mol. The molecule has 0 aliphatic carbocycles. The normalized spacial score (nSPS) is 21.5. The summed E-state index contributed by atoms with van der Waals surface area (Å²) < 4.78 is 5.37. The third-order valence-electron chi connectivity index (χ3n) is 5.68.